The van der Waals surface area contributed by atoms with Gasteiger partial charge in [0.15, 0.2) is 12.4 Å². The van der Waals surface area contributed by atoms with Gasteiger partial charge in [0, 0.05) is 17.3 Å². The number of anilines is 1. The molecule has 0 atom stereocenters. The Kier molecular flexibility index (Phi) is 6.85. The maximum atomic E-state index is 13.2. The summed E-state index contributed by atoms with van der Waals surface area (Å²) in [6.07, 6.45) is 0. The molecule has 150 valence electrons. The first-order chi connectivity index (χ1) is 14.0. The van der Waals surface area contributed by atoms with E-state index in [4.69, 9.17) is 32.7 Å². The van der Waals surface area contributed by atoms with Gasteiger partial charge in [-0.05, 0) is 37.3 Å². The normalized spacial score (nSPS) is 10.5. The Balaban J connectivity index is 1.59. The van der Waals surface area contributed by atoms with Gasteiger partial charge in [-0.2, -0.15) is 0 Å². The van der Waals surface area contributed by atoms with Crippen molar-refractivity contribution in [2.45, 2.75) is 6.92 Å². The van der Waals surface area contributed by atoms with Crippen LogP contribution >= 0.6 is 23.2 Å². The largest absolute Gasteiger partial charge is 0.481 e. The summed E-state index contributed by atoms with van der Waals surface area (Å²) >= 11 is 11.8. The molecule has 1 aromatic heterocycles. The van der Waals surface area contributed by atoms with Crippen molar-refractivity contribution in [1.82, 2.24) is 10.2 Å². The number of benzene rings is 2. The van der Waals surface area contributed by atoms with E-state index in [-0.39, 0.29) is 22.4 Å². The third-order valence-electron chi connectivity index (χ3n) is 3.71. The second kappa shape index (κ2) is 9.54. The number of halogens is 3. The first-order valence-corrected chi connectivity index (χ1v) is 9.36. The first-order valence-electron chi connectivity index (χ1n) is 8.60. The van der Waals surface area contributed by atoms with Crippen molar-refractivity contribution in [2.75, 3.05) is 18.5 Å². The van der Waals surface area contributed by atoms with E-state index < -0.39 is 11.7 Å². The van der Waals surface area contributed by atoms with Gasteiger partial charge in [-0.25, -0.2) is 4.39 Å². The van der Waals surface area contributed by atoms with E-state index in [1.165, 1.54) is 0 Å². The number of amides is 1. The lowest BCUT2D eigenvalue weighted by Crippen LogP contribution is -2.20. The van der Waals surface area contributed by atoms with Crippen LogP contribution in [0.3, 0.4) is 0 Å². The van der Waals surface area contributed by atoms with Gasteiger partial charge in [0.05, 0.1) is 22.3 Å². The first kappa shape index (κ1) is 20.8. The molecule has 2 aromatic carbocycles. The van der Waals surface area contributed by atoms with Crippen molar-refractivity contribution < 1.29 is 18.7 Å². The Bertz CT molecular complexity index is 976. The zero-order valence-electron chi connectivity index (χ0n) is 15.3. The van der Waals surface area contributed by atoms with Crippen LogP contribution in [0.25, 0.3) is 11.3 Å². The Morgan fingerprint density at radius 1 is 1.03 bits per heavy atom. The molecule has 1 heterocycles. The molecule has 1 amide bonds. The summed E-state index contributed by atoms with van der Waals surface area (Å²) in [5.74, 6) is -0.500. The molecule has 0 saturated heterocycles. The monoisotopic (exact) mass is 435 g/mol. The summed E-state index contributed by atoms with van der Waals surface area (Å²) in [6.45, 7) is 2.05. The third kappa shape index (κ3) is 5.56. The molecule has 1 N–H and O–H groups in total. The highest BCUT2D eigenvalue weighted by Crippen LogP contribution is 2.33. The number of nitrogens with one attached hydrogen (secondary N) is 1. The number of carbonyl (C=O) groups is 1. The topological polar surface area (TPSA) is 73.3 Å². The fraction of sp³-hybridized carbons (Fsp3) is 0.150. The molecule has 0 unspecified atom stereocenters. The number of hydrogen-bond donors (Lipinski definition) is 1. The smallest absolute Gasteiger partial charge is 0.262 e. The van der Waals surface area contributed by atoms with E-state index in [9.17, 15) is 9.18 Å². The fourth-order valence-electron chi connectivity index (χ4n) is 2.42. The standard InChI is InChI=1S/C20H16Cl2FN3O3/c1-2-28-19-8-7-17(25-26-19)12-3-5-14(6-4-12)24-18(27)11-29-20-15(21)9-13(23)10-16(20)22/h3-10H,2,11H2,1H3,(H,24,27). The lowest BCUT2D eigenvalue weighted by Gasteiger charge is -2.11. The molecule has 6 nitrogen and oxygen atoms in total. The Morgan fingerprint density at radius 2 is 1.72 bits per heavy atom. The van der Waals surface area contributed by atoms with Crippen LogP contribution in [0.4, 0.5) is 10.1 Å². The van der Waals surface area contributed by atoms with Crippen molar-refractivity contribution in [3.63, 3.8) is 0 Å². The van der Waals surface area contributed by atoms with Crippen molar-refractivity contribution >= 4 is 34.8 Å². The van der Waals surface area contributed by atoms with Crippen LogP contribution in [0.5, 0.6) is 11.6 Å². The Morgan fingerprint density at radius 3 is 2.31 bits per heavy atom. The van der Waals surface area contributed by atoms with Gasteiger partial charge in [-0.1, -0.05) is 35.3 Å². The zero-order valence-corrected chi connectivity index (χ0v) is 16.8. The van der Waals surface area contributed by atoms with Crippen molar-refractivity contribution in [1.29, 1.82) is 0 Å². The van der Waals surface area contributed by atoms with E-state index in [0.717, 1.165) is 17.7 Å². The minimum atomic E-state index is -0.589. The predicted molar refractivity (Wildman–Crippen MR) is 109 cm³/mol. The molecule has 0 saturated carbocycles. The molecule has 0 bridgehead atoms. The average Bonchev–Trinajstić information content (AvgIpc) is 2.69. The lowest BCUT2D eigenvalue weighted by molar-refractivity contribution is -0.118. The van der Waals surface area contributed by atoms with Crippen LogP contribution in [0.1, 0.15) is 6.92 Å². The number of rotatable bonds is 7. The molecule has 3 rings (SSSR count). The third-order valence-corrected chi connectivity index (χ3v) is 4.27. The van der Waals surface area contributed by atoms with Crippen molar-refractivity contribution in [3.8, 4) is 22.9 Å². The molecular formula is C20H16Cl2FN3O3. The molecule has 0 spiro atoms. The summed E-state index contributed by atoms with van der Waals surface area (Å²) in [4.78, 5) is 12.1. The summed E-state index contributed by atoms with van der Waals surface area (Å²) < 4.78 is 23.8. The van der Waals surface area contributed by atoms with E-state index in [1.807, 2.05) is 6.92 Å². The molecule has 0 aliphatic carbocycles. The molecular weight excluding hydrogens is 420 g/mol. The van der Waals surface area contributed by atoms with Gasteiger partial charge in [-0.3, -0.25) is 4.79 Å². The van der Waals surface area contributed by atoms with Crippen LogP contribution in [0.2, 0.25) is 10.0 Å². The van der Waals surface area contributed by atoms with Gasteiger partial charge < -0.3 is 14.8 Å². The highest BCUT2D eigenvalue weighted by Gasteiger charge is 2.12. The van der Waals surface area contributed by atoms with Gasteiger partial charge in [0.25, 0.3) is 5.91 Å². The van der Waals surface area contributed by atoms with Crippen LogP contribution in [-0.4, -0.2) is 29.3 Å². The second-order valence-corrected chi connectivity index (χ2v) is 6.62. The highest BCUT2D eigenvalue weighted by atomic mass is 35.5. The summed E-state index contributed by atoms with van der Waals surface area (Å²) in [5.41, 5.74) is 2.08. The number of carbonyl (C=O) groups excluding carboxylic acids is 1. The van der Waals surface area contributed by atoms with E-state index in [2.05, 4.69) is 15.5 Å². The van der Waals surface area contributed by atoms with Gasteiger partial charge in [0.2, 0.25) is 5.88 Å². The van der Waals surface area contributed by atoms with Gasteiger partial charge in [-0.15, -0.1) is 10.2 Å². The summed E-state index contributed by atoms with van der Waals surface area (Å²) in [5, 5.41) is 10.8. The molecule has 0 radical (unpaired) electrons. The Hall–Kier alpha value is -2.90. The fourth-order valence-corrected chi connectivity index (χ4v) is 2.99. The van der Waals surface area contributed by atoms with E-state index >= 15 is 0 Å². The molecule has 29 heavy (non-hydrogen) atoms. The predicted octanol–water partition coefficient (Wildman–Crippen LogP) is 5.01. The van der Waals surface area contributed by atoms with Crippen LogP contribution in [-0.2, 0) is 4.79 Å². The maximum absolute atomic E-state index is 13.2. The number of nitrogens with zero attached hydrogens (tertiary/aromatic N) is 2. The SMILES string of the molecule is CCOc1ccc(-c2ccc(NC(=O)COc3c(Cl)cc(F)cc3Cl)cc2)nn1. The lowest BCUT2D eigenvalue weighted by atomic mass is 10.1. The zero-order chi connectivity index (χ0) is 20.8. The maximum Gasteiger partial charge on any atom is 0.262 e. The summed E-state index contributed by atoms with van der Waals surface area (Å²) in [7, 11) is 0. The number of aromatic nitrogens is 2. The van der Waals surface area contributed by atoms with Crippen LogP contribution < -0.4 is 14.8 Å². The highest BCUT2D eigenvalue weighted by molar-refractivity contribution is 6.37. The molecule has 3 aromatic rings. The van der Waals surface area contributed by atoms with E-state index in [1.54, 1.807) is 36.4 Å². The molecule has 0 aliphatic heterocycles. The molecule has 9 heteroatoms. The van der Waals surface area contributed by atoms with Crippen molar-refractivity contribution in [2.24, 2.45) is 0 Å². The minimum Gasteiger partial charge on any atom is -0.481 e. The number of hydrogen-bond acceptors (Lipinski definition) is 5. The average molecular weight is 436 g/mol. The second-order valence-electron chi connectivity index (χ2n) is 5.80. The van der Waals surface area contributed by atoms with Crippen molar-refractivity contribution in [3.05, 3.63) is 64.4 Å². The molecule has 0 fully saturated rings. The Labute approximate surface area is 176 Å². The summed E-state index contributed by atoms with van der Waals surface area (Å²) in [6, 6.07) is 12.7. The van der Waals surface area contributed by atoms with Gasteiger partial charge in [0.1, 0.15) is 5.82 Å². The number of ether oxygens (including phenoxy) is 2. The van der Waals surface area contributed by atoms with Gasteiger partial charge >= 0.3 is 0 Å². The molecule has 0 aliphatic rings. The quantitative estimate of drug-likeness (QED) is 0.564. The van der Waals surface area contributed by atoms with Crippen LogP contribution in [0, 0.1) is 5.82 Å². The van der Waals surface area contributed by atoms with E-state index in [0.29, 0.717) is 23.9 Å². The van der Waals surface area contributed by atoms with Crippen LogP contribution in [0.15, 0.2) is 48.5 Å². The minimum absolute atomic E-state index is 0.0105.